The predicted molar refractivity (Wildman–Crippen MR) is 99.5 cm³/mol. The van der Waals surface area contributed by atoms with Crippen molar-refractivity contribution in [1.29, 1.82) is 0 Å². The molecular weight excluding hydrogens is 360 g/mol. The van der Waals surface area contributed by atoms with Gasteiger partial charge in [-0.15, -0.1) is 11.3 Å². The van der Waals surface area contributed by atoms with Gasteiger partial charge in [0.2, 0.25) is 0 Å². The molecule has 0 bridgehead atoms. The summed E-state index contributed by atoms with van der Waals surface area (Å²) in [5.41, 5.74) is 2.27. The van der Waals surface area contributed by atoms with Crippen molar-refractivity contribution in [3.8, 4) is 0 Å². The minimum absolute atomic E-state index is 0.166. The van der Waals surface area contributed by atoms with Crippen LogP contribution in [-0.2, 0) is 6.54 Å². The van der Waals surface area contributed by atoms with E-state index in [1.54, 1.807) is 11.5 Å². The summed E-state index contributed by atoms with van der Waals surface area (Å²) in [5.74, 6) is -0.410. The first-order valence-corrected chi connectivity index (χ1v) is 8.89. The Kier molecular flexibility index (Phi) is 3.74. The molecule has 1 aliphatic heterocycles. The number of hydrogen-bond donors (Lipinski definition) is 1. The second-order valence-corrected chi connectivity index (χ2v) is 7.34. The number of halogens is 1. The molecule has 2 aromatic heterocycles. The first-order valence-electron chi connectivity index (χ1n) is 7.69. The van der Waals surface area contributed by atoms with Gasteiger partial charge < -0.3 is 5.11 Å². The predicted octanol–water partition coefficient (Wildman–Crippen LogP) is 4.06. The van der Waals surface area contributed by atoms with Crippen molar-refractivity contribution in [1.82, 2.24) is 9.55 Å². The highest BCUT2D eigenvalue weighted by Gasteiger charge is 2.25. The third kappa shape index (κ3) is 2.58. The maximum atomic E-state index is 12.8. The van der Waals surface area contributed by atoms with Gasteiger partial charge in [0.25, 0.3) is 5.56 Å². The second-order valence-electron chi connectivity index (χ2n) is 5.90. The Bertz CT molecular complexity index is 1110. The van der Waals surface area contributed by atoms with E-state index in [0.717, 1.165) is 22.5 Å². The smallest absolute Gasteiger partial charge is 0.346 e. The number of nitrogens with zero attached hydrogens (tertiary/aromatic N) is 2. The lowest BCUT2D eigenvalue weighted by Gasteiger charge is -2.03. The Labute approximate surface area is 151 Å². The number of carbonyl (C=O) groups is 1. The van der Waals surface area contributed by atoms with Crippen LogP contribution >= 0.6 is 22.9 Å². The van der Waals surface area contributed by atoms with E-state index < -0.39 is 5.97 Å². The monoisotopic (exact) mass is 372 g/mol. The number of allylic oxidation sites excluding steroid dienone is 1. The highest BCUT2D eigenvalue weighted by Crippen LogP contribution is 2.32. The average molecular weight is 373 g/mol. The zero-order valence-corrected chi connectivity index (χ0v) is 14.8. The number of aromatic carboxylic acids is 1. The van der Waals surface area contributed by atoms with Gasteiger partial charge in [-0.3, -0.25) is 9.36 Å². The van der Waals surface area contributed by atoms with Crippen molar-refractivity contribution >= 4 is 50.8 Å². The lowest BCUT2D eigenvalue weighted by Crippen LogP contribution is -2.20. The molecule has 1 N–H and O–H groups in total. The Morgan fingerprint density at radius 1 is 1.36 bits per heavy atom. The first-order chi connectivity index (χ1) is 12.0. The van der Waals surface area contributed by atoms with Gasteiger partial charge in [-0.25, -0.2) is 9.78 Å². The van der Waals surface area contributed by atoms with Gasteiger partial charge >= 0.3 is 5.97 Å². The van der Waals surface area contributed by atoms with Crippen molar-refractivity contribution in [3.05, 3.63) is 61.5 Å². The fourth-order valence-electron chi connectivity index (χ4n) is 3.11. The maximum absolute atomic E-state index is 12.8. The van der Waals surface area contributed by atoms with Crippen LogP contribution in [0.3, 0.4) is 0 Å². The molecule has 0 saturated carbocycles. The summed E-state index contributed by atoms with van der Waals surface area (Å²) in [4.78, 5) is 29.4. The average Bonchev–Trinajstić information content (AvgIpc) is 3.12. The van der Waals surface area contributed by atoms with E-state index in [9.17, 15) is 14.7 Å². The van der Waals surface area contributed by atoms with Gasteiger partial charge in [-0.2, -0.15) is 0 Å². The van der Waals surface area contributed by atoms with Crippen LogP contribution < -0.4 is 5.56 Å². The van der Waals surface area contributed by atoms with E-state index >= 15 is 0 Å². The fourth-order valence-corrected chi connectivity index (χ4v) is 4.25. The number of rotatable bonds is 2. The Balaban J connectivity index is 1.90. The zero-order valence-electron chi connectivity index (χ0n) is 13.2. The zero-order chi connectivity index (χ0) is 17.7. The minimum atomic E-state index is -1.03. The van der Waals surface area contributed by atoms with Crippen LogP contribution in [-0.4, -0.2) is 20.6 Å². The number of hydrogen-bond acceptors (Lipinski definition) is 4. The van der Waals surface area contributed by atoms with E-state index in [1.165, 1.54) is 0 Å². The van der Waals surface area contributed by atoms with Crippen molar-refractivity contribution in [3.63, 3.8) is 0 Å². The minimum Gasteiger partial charge on any atom is -0.477 e. The molecule has 1 aromatic carbocycles. The van der Waals surface area contributed by atoms with Crippen molar-refractivity contribution in [2.75, 3.05) is 0 Å². The lowest BCUT2D eigenvalue weighted by molar-refractivity contribution is 0.0701. The van der Waals surface area contributed by atoms with E-state index in [2.05, 4.69) is 4.98 Å². The molecule has 0 amide bonds. The number of carboxylic acids is 1. The molecule has 0 saturated heterocycles. The SMILES string of the molecule is Cc1c(C(=O)O)sc2nc3n(c(=O)c12)CC/C3=C\c1ccc(Cl)cc1. The Morgan fingerprint density at radius 3 is 2.76 bits per heavy atom. The topological polar surface area (TPSA) is 72.2 Å². The summed E-state index contributed by atoms with van der Waals surface area (Å²) in [6.07, 6.45) is 2.71. The molecule has 1 aliphatic rings. The highest BCUT2D eigenvalue weighted by molar-refractivity contribution is 7.20. The van der Waals surface area contributed by atoms with Gasteiger partial charge in [0.1, 0.15) is 15.5 Å². The van der Waals surface area contributed by atoms with Crippen molar-refractivity contribution < 1.29 is 9.90 Å². The summed E-state index contributed by atoms with van der Waals surface area (Å²) >= 11 is 6.97. The third-order valence-electron chi connectivity index (χ3n) is 4.35. The molecule has 4 rings (SSSR count). The highest BCUT2D eigenvalue weighted by atomic mass is 35.5. The van der Waals surface area contributed by atoms with Crippen LogP contribution in [0.25, 0.3) is 21.9 Å². The molecule has 0 unspecified atom stereocenters. The number of thiophene rings is 1. The summed E-state index contributed by atoms with van der Waals surface area (Å²) in [7, 11) is 0. The van der Waals surface area contributed by atoms with E-state index in [4.69, 9.17) is 11.6 Å². The summed E-state index contributed by atoms with van der Waals surface area (Å²) < 4.78 is 1.63. The summed E-state index contributed by atoms with van der Waals surface area (Å²) in [5, 5.41) is 10.4. The number of aromatic nitrogens is 2. The molecule has 25 heavy (non-hydrogen) atoms. The van der Waals surface area contributed by atoms with Crippen LogP contribution in [0.4, 0.5) is 0 Å². The summed E-state index contributed by atoms with van der Waals surface area (Å²) in [6, 6.07) is 7.45. The molecule has 0 aliphatic carbocycles. The second kappa shape index (κ2) is 5.82. The first kappa shape index (κ1) is 16.1. The largest absolute Gasteiger partial charge is 0.477 e. The molecule has 3 aromatic rings. The number of benzene rings is 1. The molecule has 5 nitrogen and oxygen atoms in total. The molecule has 0 atom stereocenters. The van der Waals surface area contributed by atoms with Gasteiger partial charge in [0.15, 0.2) is 0 Å². The molecule has 7 heteroatoms. The summed E-state index contributed by atoms with van der Waals surface area (Å²) in [6.45, 7) is 2.21. The van der Waals surface area contributed by atoms with Crippen LogP contribution in [0.5, 0.6) is 0 Å². The van der Waals surface area contributed by atoms with Crippen molar-refractivity contribution in [2.45, 2.75) is 19.9 Å². The fraction of sp³-hybridized carbons (Fsp3) is 0.167. The third-order valence-corrected chi connectivity index (χ3v) is 5.77. The van der Waals surface area contributed by atoms with Gasteiger partial charge in [-0.05, 0) is 48.3 Å². The molecule has 3 heterocycles. The lowest BCUT2D eigenvalue weighted by atomic mass is 10.1. The van der Waals surface area contributed by atoms with Gasteiger partial charge in [0.05, 0.1) is 5.39 Å². The maximum Gasteiger partial charge on any atom is 0.346 e. The van der Waals surface area contributed by atoms with Crippen LogP contribution in [0, 0.1) is 6.92 Å². The number of carboxylic acid groups (broad SMARTS) is 1. The quantitative estimate of drug-likeness (QED) is 0.736. The van der Waals surface area contributed by atoms with E-state index in [0.29, 0.717) is 39.6 Å². The van der Waals surface area contributed by atoms with E-state index in [-0.39, 0.29) is 10.4 Å². The molecular formula is C18H13ClN2O3S. The van der Waals surface area contributed by atoms with Crippen LogP contribution in [0.15, 0.2) is 29.1 Å². The van der Waals surface area contributed by atoms with Crippen molar-refractivity contribution in [2.24, 2.45) is 0 Å². The molecule has 0 spiro atoms. The van der Waals surface area contributed by atoms with Gasteiger partial charge in [-0.1, -0.05) is 23.7 Å². The molecule has 0 radical (unpaired) electrons. The van der Waals surface area contributed by atoms with E-state index in [1.807, 2.05) is 30.3 Å². The molecule has 0 fully saturated rings. The number of aryl methyl sites for hydroxylation is 1. The van der Waals surface area contributed by atoms with Crippen LogP contribution in [0.2, 0.25) is 5.02 Å². The normalized spacial score (nSPS) is 15.0. The van der Waals surface area contributed by atoms with Gasteiger partial charge in [0, 0.05) is 11.6 Å². The molecule has 126 valence electrons. The standard InChI is InChI=1S/C18H13ClN2O3S/c1-9-13-16(25-14(9)18(23)24)20-15-11(6-7-21(15)17(13)22)8-10-2-4-12(19)5-3-10/h2-5,8H,6-7H2,1H3,(H,23,24)/b11-8+. The Morgan fingerprint density at radius 2 is 2.08 bits per heavy atom. The van der Waals surface area contributed by atoms with Crippen LogP contribution in [0.1, 0.15) is 33.0 Å². The number of fused-ring (bicyclic) bond motifs is 2. The Hall–Kier alpha value is -2.44.